The molecule has 26 heavy (non-hydrogen) atoms. The van der Waals surface area contributed by atoms with Crippen molar-refractivity contribution in [2.45, 2.75) is 26.4 Å². The molecule has 0 radical (unpaired) electrons. The number of anilines is 2. The lowest BCUT2D eigenvalue weighted by molar-refractivity contribution is 0.507. The second-order valence-corrected chi connectivity index (χ2v) is 6.08. The predicted octanol–water partition coefficient (Wildman–Crippen LogP) is 4.25. The van der Waals surface area contributed by atoms with Crippen LogP contribution in [0.3, 0.4) is 0 Å². The minimum atomic E-state index is -0.872. The third-order valence-corrected chi connectivity index (χ3v) is 3.53. The normalized spacial score (nSPS) is 10.8. The predicted molar refractivity (Wildman–Crippen MR) is 97.7 cm³/mol. The summed E-state index contributed by atoms with van der Waals surface area (Å²) < 4.78 is 26.4. The first-order valence-corrected chi connectivity index (χ1v) is 8.26. The van der Waals surface area contributed by atoms with Gasteiger partial charge in [-0.2, -0.15) is 4.98 Å². The standard InChI is InChI=1S/C19H19F2N5/c1-12(2)24-19-25-17(16-5-3-4-8-22-16)10-18(26-19)23-11-13-6-7-14(20)15(21)9-13/h3-10,12H,11H2,1-2H3,(H2,23,24,25,26). The van der Waals surface area contributed by atoms with Gasteiger partial charge in [0.15, 0.2) is 11.6 Å². The van der Waals surface area contributed by atoms with Gasteiger partial charge in [-0.25, -0.2) is 13.8 Å². The SMILES string of the molecule is CC(C)Nc1nc(NCc2ccc(F)c(F)c2)cc(-c2ccccn2)n1. The number of hydrogen-bond acceptors (Lipinski definition) is 5. The Morgan fingerprint density at radius 3 is 2.50 bits per heavy atom. The van der Waals surface area contributed by atoms with Crippen LogP contribution in [0.15, 0.2) is 48.7 Å². The zero-order chi connectivity index (χ0) is 18.5. The maximum Gasteiger partial charge on any atom is 0.225 e. The molecular weight excluding hydrogens is 336 g/mol. The first kappa shape index (κ1) is 17.7. The summed E-state index contributed by atoms with van der Waals surface area (Å²) >= 11 is 0. The number of nitrogens with one attached hydrogen (secondary N) is 2. The lowest BCUT2D eigenvalue weighted by Crippen LogP contribution is -2.14. The summed E-state index contributed by atoms with van der Waals surface area (Å²) in [7, 11) is 0. The molecule has 3 rings (SSSR count). The number of nitrogens with zero attached hydrogens (tertiary/aromatic N) is 3. The first-order chi connectivity index (χ1) is 12.5. The Bertz CT molecular complexity index is 884. The monoisotopic (exact) mass is 355 g/mol. The first-order valence-electron chi connectivity index (χ1n) is 8.26. The Balaban J connectivity index is 1.86. The Hall–Kier alpha value is -3.09. The molecule has 2 aromatic heterocycles. The van der Waals surface area contributed by atoms with E-state index in [9.17, 15) is 8.78 Å². The van der Waals surface area contributed by atoms with Gasteiger partial charge < -0.3 is 10.6 Å². The van der Waals surface area contributed by atoms with Crippen molar-refractivity contribution in [2.75, 3.05) is 10.6 Å². The Kier molecular flexibility index (Phi) is 5.36. The summed E-state index contributed by atoms with van der Waals surface area (Å²) in [4.78, 5) is 13.2. The molecule has 0 aliphatic carbocycles. The molecule has 0 atom stereocenters. The van der Waals surface area contributed by atoms with E-state index in [2.05, 4.69) is 25.6 Å². The van der Waals surface area contributed by atoms with Gasteiger partial charge in [-0.1, -0.05) is 12.1 Å². The summed E-state index contributed by atoms with van der Waals surface area (Å²) in [5, 5.41) is 6.29. The van der Waals surface area contributed by atoms with Crippen molar-refractivity contribution in [3.8, 4) is 11.4 Å². The fourth-order valence-electron chi connectivity index (χ4n) is 2.35. The smallest absolute Gasteiger partial charge is 0.225 e. The highest BCUT2D eigenvalue weighted by molar-refractivity contribution is 5.61. The molecule has 0 aliphatic rings. The Morgan fingerprint density at radius 1 is 0.962 bits per heavy atom. The van der Waals surface area contributed by atoms with E-state index in [-0.39, 0.29) is 6.04 Å². The third kappa shape index (κ3) is 4.50. The largest absolute Gasteiger partial charge is 0.366 e. The van der Waals surface area contributed by atoms with E-state index < -0.39 is 11.6 Å². The molecule has 2 N–H and O–H groups in total. The molecule has 3 aromatic rings. The molecule has 0 saturated heterocycles. The van der Waals surface area contributed by atoms with Gasteiger partial charge in [-0.3, -0.25) is 4.98 Å². The number of hydrogen-bond donors (Lipinski definition) is 2. The molecule has 2 heterocycles. The summed E-state index contributed by atoms with van der Waals surface area (Å²) in [6, 6.07) is 11.3. The fourth-order valence-corrected chi connectivity index (χ4v) is 2.35. The summed E-state index contributed by atoms with van der Waals surface area (Å²) in [5.74, 6) is -0.704. The maximum absolute atomic E-state index is 13.4. The van der Waals surface area contributed by atoms with Crippen molar-refractivity contribution in [3.05, 3.63) is 65.9 Å². The summed E-state index contributed by atoms with van der Waals surface area (Å²) in [6.07, 6.45) is 1.70. The molecule has 0 amide bonds. The molecule has 0 unspecified atom stereocenters. The average molecular weight is 355 g/mol. The highest BCUT2D eigenvalue weighted by Gasteiger charge is 2.09. The van der Waals surface area contributed by atoms with Gasteiger partial charge in [-0.05, 0) is 43.7 Å². The van der Waals surface area contributed by atoms with E-state index in [1.165, 1.54) is 6.07 Å². The average Bonchev–Trinajstić information content (AvgIpc) is 2.63. The van der Waals surface area contributed by atoms with Gasteiger partial charge in [0.05, 0.1) is 11.4 Å². The van der Waals surface area contributed by atoms with E-state index in [0.717, 1.165) is 17.8 Å². The van der Waals surface area contributed by atoms with E-state index in [1.54, 1.807) is 12.3 Å². The second-order valence-electron chi connectivity index (χ2n) is 6.08. The van der Waals surface area contributed by atoms with Gasteiger partial charge in [-0.15, -0.1) is 0 Å². The lowest BCUT2D eigenvalue weighted by Gasteiger charge is -2.13. The van der Waals surface area contributed by atoms with Crippen LogP contribution in [0.2, 0.25) is 0 Å². The minimum Gasteiger partial charge on any atom is -0.366 e. The van der Waals surface area contributed by atoms with Gasteiger partial charge in [0, 0.05) is 24.8 Å². The minimum absolute atomic E-state index is 0.160. The maximum atomic E-state index is 13.4. The molecular formula is C19H19F2N5. The van der Waals surface area contributed by atoms with Crippen molar-refractivity contribution in [2.24, 2.45) is 0 Å². The molecule has 0 saturated carbocycles. The van der Waals surface area contributed by atoms with Gasteiger partial charge >= 0.3 is 0 Å². The van der Waals surface area contributed by atoms with Crippen LogP contribution in [0.5, 0.6) is 0 Å². The molecule has 0 spiro atoms. The van der Waals surface area contributed by atoms with Crippen molar-refractivity contribution in [1.29, 1.82) is 0 Å². The van der Waals surface area contributed by atoms with E-state index in [1.807, 2.05) is 32.0 Å². The zero-order valence-corrected chi connectivity index (χ0v) is 14.5. The molecule has 0 bridgehead atoms. The Morgan fingerprint density at radius 2 is 1.81 bits per heavy atom. The van der Waals surface area contributed by atoms with Crippen LogP contribution < -0.4 is 10.6 Å². The number of benzene rings is 1. The Labute approximate surface area is 150 Å². The summed E-state index contributed by atoms with van der Waals surface area (Å²) in [5.41, 5.74) is 1.99. The fraction of sp³-hybridized carbons (Fsp3) is 0.211. The molecule has 5 nitrogen and oxygen atoms in total. The van der Waals surface area contributed by atoms with Gasteiger partial charge in [0.25, 0.3) is 0 Å². The van der Waals surface area contributed by atoms with Crippen LogP contribution in [0.1, 0.15) is 19.4 Å². The molecule has 0 aliphatic heterocycles. The van der Waals surface area contributed by atoms with Crippen molar-refractivity contribution in [1.82, 2.24) is 15.0 Å². The lowest BCUT2D eigenvalue weighted by atomic mass is 10.2. The van der Waals surface area contributed by atoms with Crippen molar-refractivity contribution < 1.29 is 8.78 Å². The number of rotatable bonds is 6. The number of halogens is 2. The van der Waals surface area contributed by atoms with Crippen LogP contribution in [0.4, 0.5) is 20.5 Å². The van der Waals surface area contributed by atoms with Crippen LogP contribution in [-0.4, -0.2) is 21.0 Å². The number of pyridine rings is 1. The van der Waals surface area contributed by atoms with Crippen LogP contribution in [0.25, 0.3) is 11.4 Å². The van der Waals surface area contributed by atoms with Crippen LogP contribution >= 0.6 is 0 Å². The molecule has 0 fully saturated rings. The van der Waals surface area contributed by atoms with E-state index in [4.69, 9.17) is 0 Å². The highest BCUT2D eigenvalue weighted by atomic mass is 19.2. The number of aromatic nitrogens is 3. The van der Waals surface area contributed by atoms with Crippen molar-refractivity contribution in [3.63, 3.8) is 0 Å². The zero-order valence-electron chi connectivity index (χ0n) is 14.5. The quantitative estimate of drug-likeness (QED) is 0.692. The topological polar surface area (TPSA) is 62.7 Å². The van der Waals surface area contributed by atoms with E-state index >= 15 is 0 Å². The van der Waals surface area contributed by atoms with Gasteiger partial charge in [0.2, 0.25) is 5.95 Å². The second kappa shape index (κ2) is 7.86. The van der Waals surface area contributed by atoms with E-state index in [0.29, 0.717) is 29.6 Å². The van der Waals surface area contributed by atoms with Crippen LogP contribution in [0, 0.1) is 11.6 Å². The summed E-state index contributed by atoms with van der Waals surface area (Å²) in [6.45, 7) is 4.29. The molecule has 134 valence electrons. The molecule has 7 heteroatoms. The van der Waals surface area contributed by atoms with Crippen LogP contribution in [-0.2, 0) is 6.54 Å². The van der Waals surface area contributed by atoms with Crippen molar-refractivity contribution >= 4 is 11.8 Å². The highest BCUT2D eigenvalue weighted by Crippen LogP contribution is 2.20. The van der Waals surface area contributed by atoms with Gasteiger partial charge in [0.1, 0.15) is 5.82 Å². The molecule has 1 aromatic carbocycles. The third-order valence-electron chi connectivity index (χ3n) is 3.53.